The Bertz CT molecular complexity index is 474. The maximum absolute atomic E-state index is 11.8. The summed E-state index contributed by atoms with van der Waals surface area (Å²) in [6.07, 6.45) is 2.63. The normalized spacial score (nSPS) is 10.3. The second kappa shape index (κ2) is 4.99. The monoisotopic (exact) mass is 234 g/mol. The maximum Gasteiger partial charge on any atom is 0.164 e. The second-order valence-corrected chi connectivity index (χ2v) is 3.89. The van der Waals surface area contributed by atoms with Crippen molar-refractivity contribution in [2.24, 2.45) is 0 Å². The minimum Gasteiger partial charge on any atom is -0.469 e. The molecule has 2 aromatic rings. The molecule has 0 spiro atoms. The number of Topliss-reactive ketones (excluding diaryl/α,β-unsaturated/α-hetero) is 1. The zero-order valence-corrected chi connectivity index (χ0v) is 9.41. The zero-order valence-electron chi connectivity index (χ0n) is 8.65. The van der Waals surface area contributed by atoms with E-state index in [1.54, 1.807) is 18.4 Å². The molecule has 16 heavy (non-hydrogen) atoms. The molecule has 0 bridgehead atoms. The fraction of sp³-hybridized carbons (Fsp3) is 0.154. The molecule has 0 saturated carbocycles. The number of furan rings is 1. The van der Waals surface area contributed by atoms with E-state index in [4.69, 9.17) is 16.0 Å². The Balaban J connectivity index is 2.01. The fourth-order valence-corrected chi connectivity index (χ4v) is 1.75. The molecule has 1 heterocycles. The van der Waals surface area contributed by atoms with Gasteiger partial charge in [-0.05, 0) is 24.3 Å². The van der Waals surface area contributed by atoms with Crippen LogP contribution in [0.2, 0.25) is 5.02 Å². The van der Waals surface area contributed by atoms with Gasteiger partial charge in [-0.25, -0.2) is 0 Å². The van der Waals surface area contributed by atoms with E-state index in [1.165, 1.54) is 0 Å². The first-order chi connectivity index (χ1) is 7.77. The summed E-state index contributed by atoms with van der Waals surface area (Å²) in [4.78, 5) is 11.8. The van der Waals surface area contributed by atoms with E-state index in [9.17, 15) is 4.79 Å². The van der Waals surface area contributed by atoms with Gasteiger partial charge in [0.05, 0.1) is 11.3 Å². The number of benzene rings is 1. The van der Waals surface area contributed by atoms with Crippen molar-refractivity contribution in [1.29, 1.82) is 0 Å². The second-order valence-electron chi connectivity index (χ2n) is 3.48. The molecule has 0 N–H and O–H groups in total. The Morgan fingerprint density at radius 2 is 2.00 bits per heavy atom. The van der Waals surface area contributed by atoms with Crippen LogP contribution < -0.4 is 0 Å². The molecular weight excluding hydrogens is 224 g/mol. The van der Waals surface area contributed by atoms with Crippen molar-refractivity contribution in [3.8, 4) is 0 Å². The summed E-state index contributed by atoms with van der Waals surface area (Å²) in [5.41, 5.74) is 0.579. The highest BCUT2D eigenvalue weighted by molar-refractivity contribution is 6.33. The van der Waals surface area contributed by atoms with Crippen LogP contribution in [0.25, 0.3) is 0 Å². The van der Waals surface area contributed by atoms with E-state index in [2.05, 4.69) is 0 Å². The molecule has 1 aromatic carbocycles. The van der Waals surface area contributed by atoms with E-state index in [0.29, 0.717) is 23.4 Å². The fourth-order valence-electron chi connectivity index (χ4n) is 1.51. The highest BCUT2D eigenvalue weighted by Crippen LogP contribution is 2.17. The lowest BCUT2D eigenvalue weighted by Gasteiger charge is -2.01. The molecule has 1 aromatic heterocycles. The van der Waals surface area contributed by atoms with Gasteiger partial charge in [0.15, 0.2) is 5.78 Å². The molecule has 2 rings (SSSR count). The van der Waals surface area contributed by atoms with Gasteiger partial charge in [-0.2, -0.15) is 0 Å². The van der Waals surface area contributed by atoms with Gasteiger partial charge >= 0.3 is 0 Å². The third-order valence-electron chi connectivity index (χ3n) is 2.35. The van der Waals surface area contributed by atoms with Crippen molar-refractivity contribution in [2.75, 3.05) is 0 Å². The van der Waals surface area contributed by atoms with Crippen molar-refractivity contribution in [2.45, 2.75) is 12.8 Å². The van der Waals surface area contributed by atoms with E-state index in [-0.39, 0.29) is 5.78 Å². The number of halogens is 1. The summed E-state index contributed by atoms with van der Waals surface area (Å²) < 4.78 is 5.16. The average Bonchev–Trinajstić information content (AvgIpc) is 2.79. The van der Waals surface area contributed by atoms with Crippen LogP contribution in [0.15, 0.2) is 47.1 Å². The number of carbonyl (C=O) groups is 1. The molecule has 0 aliphatic carbocycles. The van der Waals surface area contributed by atoms with Crippen molar-refractivity contribution in [3.63, 3.8) is 0 Å². The Labute approximate surface area is 98.8 Å². The van der Waals surface area contributed by atoms with E-state index < -0.39 is 0 Å². The van der Waals surface area contributed by atoms with E-state index in [1.807, 2.05) is 24.3 Å². The quantitative estimate of drug-likeness (QED) is 0.755. The Morgan fingerprint density at radius 3 is 2.69 bits per heavy atom. The lowest BCUT2D eigenvalue weighted by Crippen LogP contribution is -2.01. The van der Waals surface area contributed by atoms with Gasteiger partial charge in [0.1, 0.15) is 5.76 Å². The Morgan fingerprint density at radius 1 is 1.19 bits per heavy atom. The number of rotatable bonds is 4. The van der Waals surface area contributed by atoms with Gasteiger partial charge in [0.25, 0.3) is 0 Å². The van der Waals surface area contributed by atoms with Gasteiger partial charge in [0, 0.05) is 18.4 Å². The predicted octanol–water partition coefficient (Wildman–Crippen LogP) is 3.75. The van der Waals surface area contributed by atoms with Gasteiger partial charge in [-0.1, -0.05) is 23.7 Å². The molecule has 82 valence electrons. The number of ketones is 1. The molecule has 0 radical (unpaired) electrons. The first-order valence-corrected chi connectivity index (χ1v) is 5.45. The van der Waals surface area contributed by atoms with E-state index in [0.717, 1.165) is 5.76 Å². The summed E-state index contributed by atoms with van der Waals surface area (Å²) in [6, 6.07) is 10.8. The third kappa shape index (κ3) is 2.52. The Hall–Kier alpha value is -1.54. The molecule has 2 nitrogen and oxygen atoms in total. The van der Waals surface area contributed by atoms with Crippen molar-refractivity contribution >= 4 is 17.4 Å². The van der Waals surface area contributed by atoms with Gasteiger partial charge in [-0.3, -0.25) is 4.79 Å². The SMILES string of the molecule is O=C(CCc1ccco1)c1ccccc1Cl. The van der Waals surface area contributed by atoms with Crippen LogP contribution in [-0.4, -0.2) is 5.78 Å². The summed E-state index contributed by atoms with van der Waals surface area (Å²) >= 11 is 5.94. The molecule has 3 heteroatoms. The van der Waals surface area contributed by atoms with Gasteiger partial charge < -0.3 is 4.42 Å². The lowest BCUT2D eigenvalue weighted by atomic mass is 10.1. The Kier molecular flexibility index (Phi) is 3.42. The molecule has 0 aliphatic rings. The summed E-state index contributed by atoms with van der Waals surface area (Å²) in [5, 5.41) is 0.506. The highest BCUT2D eigenvalue weighted by Gasteiger charge is 2.10. The molecule has 0 amide bonds. The first kappa shape index (κ1) is 11.0. The topological polar surface area (TPSA) is 30.2 Å². The minimum atomic E-state index is 0.0435. The number of hydrogen-bond acceptors (Lipinski definition) is 2. The molecule has 0 atom stereocenters. The third-order valence-corrected chi connectivity index (χ3v) is 2.68. The number of aryl methyl sites for hydroxylation is 1. The van der Waals surface area contributed by atoms with Crippen molar-refractivity contribution < 1.29 is 9.21 Å². The zero-order chi connectivity index (χ0) is 11.4. The van der Waals surface area contributed by atoms with Crippen LogP contribution >= 0.6 is 11.6 Å². The summed E-state index contributed by atoms with van der Waals surface area (Å²) in [5.74, 6) is 0.863. The molecule has 0 unspecified atom stereocenters. The van der Waals surface area contributed by atoms with Crippen LogP contribution in [0.3, 0.4) is 0 Å². The van der Waals surface area contributed by atoms with Crippen LogP contribution in [0, 0.1) is 0 Å². The van der Waals surface area contributed by atoms with Crippen molar-refractivity contribution in [3.05, 3.63) is 59.0 Å². The predicted molar refractivity (Wildman–Crippen MR) is 62.8 cm³/mol. The largest absolute Gasteiger partial charge is 0.469 e. The summed E-state index contributed by atoms with van der Waals surface area (Å²) in [7, 11) is 0. The molecule has 0 saturated heterocycles. The standard InChI is InChI=1S/C13H11ClO2/c14-12-6-2-1-5-11(12)13(15)8-7-10-4-3-9-16-10/h1-6,9H,7-8H2. The average molecular weight is 235 g/mol. The lowest BCUT2D eigenvalue weighted by molar-refractivity contribution is 0.0981. The molecule has 0 aliphatic heterocycles. The van der Waals surface area contributed by atoms with Crippen molar-refractivity contribution in [1.82, 2.24) is 0 Å². The smallest absolute Gasteiger partial charge is 0.164 e. The van der Waals surface area contributed by atoms with Crippen LogP contribution in [-0.2, 0) is 6.42 Å². The minimum absolute atomic E-state index is 0.0435. The number of hydrogen-bond donors (Lipinski definition) is 0. The van der Waals surface area contributed by atoms with E-state index >= 15 is 0 Å². The highest BCUT2D eigenvalue weighted by atomic mass is 35.5. The van der Waals surface area contributed by atoms with Crippen LogP contribution in [0.4, 0.5) is 0 Å². The van der Waals surface area contributed by atoms with Crippen LogP contribution in [0.5, 0.6) is 0 Å². The summed E-state index contributed by atoms with van der Waals surface area (Å²) in [6.45, 7) is 0. The van der Waals surface area contributed by atoms with Gasteiger partial charge in [-0.15, -0.1) is 0 Å². The maximum atomic E-state index is 11.8. The molecular formula is C13H11ClO2. The van der Waals surface area contributed by atoms with Gasteiger partial charge in [0.2, 0.25) is 0 Å². The first-order valence-electron chi connectivity index (χ1n) is 5.07. The molecule has 0 fully saturated rings. The van der Waals surface area contributed by atoms with Crippen LogP contribution in [0.1, 0.15) is 22.5 Å². The number of carbonyl (C=O) groups excluding carboxylic acids is 1.